The Balaban J connectivity index is 2.80. The van der Waals surface area contributed by atoms with Crippen LogP contribution in [0.2, 0.25) is 0 Å². The molecule has 3 nitrogen and oxygen atoms in total. The van der Waals surface area contributed by atoms with Gasteiger partial charge in [0.1, 0.15) is 6.29 Å². The maximum atomic E-state index is 10.0. The molecule has 64 valence electrons. The van der Waals surface area contributed by atoms with Gasteiger partial charge in [-0.1, -0.05) is 12.2 Å². The second kappa shape index (κ2) is 3.85. The molecule has 0 radical (unpaired) electrons. The van der Waals surface area contributed by atoms with E-state index in [2.05, 4.69) is 10.2 Å². The van der Waals surface area contributed by atoms with E-state index in [9.17, 15) is 4.79 Å². The molecule has 0 fully saturated rings. The summed E-state index contributed by atoms with van der Waals surface area (Å²) < 4.78 is 0. The maximum Gasteiger partial charge on any atom is 0.123 e. The van der Waals surface area contributed by atoms with Crippen LogP contribution in [0.1, 0.15) is 23.4 Å². The minimum atomic E-state index is 0.462. The zero-order valence-corrected chi connectivity index (χ0v) is 7.29. The van der Waals surface area contributed by atoms with E-state index in [-0.39, 0.29) is 0 Å². The second-order valence-corrected chi connectivity index (χ2v) is 2.65. The predicted molar refractivity (Wildman–Crippen MR) is 47.8 cm³/mol. The number of allylic oxidation sites excluding steroid dienone is 1. The minimum absolute atomic E-state index is 0.462. The summed E-state index contributed by atoms with van der Waals surface area (Å²) in [5, 5.41) is 6.90. The van der Waals surface area contributed by atoms with Crippen molar-refractivity contribution in [3.63, 3.8) is 0 Å². The van der Waals surface area contributed by atoms with E-state index >= 15 is 0 Å². The molecular weight excluding hydrogens is 152 g/mol. The molecule has 1 aromatic heterocycles. The molecule has 0 atom stereocenters. The minimum Gasteiger partial charge on any atom is -0.303 e. The number of rotatable bonds is 3. The lowest BCUT2D eigenvalue weighted by molar-refractivity contribution is -0.107. The van der Waals surface area contributed by atoms with Crippen molar-refractivity contribution in [1.82, 2.24) is 10.2 Å². The Morgan fingerprint density at radius 3 is 2.75 bits per heavy atom. The molecule has 1 heterocycles. The second-order valence-electron chi connectivity index (χ2n) is 2.65. The Bertz CT molecular complexity index is 280. The Labute approximate surface area is 71.5 Å². The SMILES string of the molecule is Cc1n[nH]c(C)c1C=CCC=O. The number of carbonyl (C=O) groups is 1. The first-order valence-corrected chi connectivity index (χ1v) is 3.87. The summed E-state index contributed by atoms with van der Waals surface area (Å²) in [6, 6.07) is 0. The van der Waals surface area contributed by atoms with Crippen molar-refractivity contribution in [2.45, 2.75) is 20.3 Å². The molecule has 0 spiro atoms. The number of hydrogen-bond acceptors (Lipinski definition) is 2. The smallest absolute Gasteiger partial charge is 0.123 e. The largest absolute Gasteiger partial charge is 0.303 e. The average Bonchev–Trinajstić information content (AvgIpc) is 2.35. The van der Waals surface area contributed by atoms with Gasteiger partial charge in [-0.15, -0.1) is 0 Å². The molecule has 3 heteroatoms. The number of aryl methyl sites for hydroxylation is 2. The molecule has 0 amide bonds. The van der Waals surface area contributed by atoms with Gasteiger partial charge in [0.15, 0.2) is 0 Å². The first-order valence-electron chi connectivity index (χ1n) is 3.87. The van der Waals surface area contributed by atoms with Crippen molar-refractivity contribution in [2.24, 2.45) is 0 Å². The fraction of sp³-hybridized carbons (Fsp3) is 0.333. The third-order valence-electron chi connectivity index (χ3n) is 1.70. The van der Waals surface area contributed by atoms with Gasteiger partial charge in [0.2, 0.25) is 0 Å². The zero-order valence-electron chi connectivity index (χ0n) is 7.29. The van der Waals surface area contributed by atoms with Crippen molar-refractivity contribution in [3.05, 3.63) is 23.0 Å². The Morgan fingerprint density at radius 2 is 2.25 bits per heavy atom. The fourth-order valence-corrected chi connectivity index (χ4v) is 1.05. The van der Waals surface area contributed by atoms with Gasteiger partial charge < -0.3 is 4.79 Å². The molecular formula is C9H12N2O. The van der Waals surface area contributed by atoms with Crippen molar-refractivity contribution in [3.8, 4) is 0 Å². The van der Waals surface area contributed by atoms with E-state index in [1.54, 1.807) is 0 Å². The topological polar surface area (TPSA) is 45.8 Å². The molecule has 0 aliphatic heterocycles. The molecule has 12 heavy (non-hydrogen) atoms. The predicted octanol–water partition coefficient (Wildman–Crippen LogP) is 1.63. The van der Waals surface area contributed by atoms with Gasteiger partial charge in [-0.3, -0.25) is 5.10 Å². The van der Waals surface area contributed by atoms with Crippen molar-refractivity contribution in [2.75, 3.05) is 0 Å². The molecule has 0 aliphatic rings. The van der Waals surface area contributed by atoms with Gasteiger partial charge in [0.05, 0.1) is 5.69 Å². The molecule has 0 bridgehead atoms. The van der Waals surface area contributed by atoms with Crippen LogP contribution in [0, 0.1) is 13.8 Å². The van der Waals surface area contributed by atoms with Gasteiger partial charge in [-0.2, -0.15) is 5.10 Å². The van der Waals surface area contributed by atoms with Crippen molar-refractivity contribution < 1.29 is 4.79 Å². The summed E-state index contributed by atoms with van der Waals surface area (Å²) in [6.07, 6.45) is 5.09. The summed E-state index contributed by atoms with van der Waals surface area (Å²) in [7, 11) is 0. The van der Waals surface area contributed by atoms with Crippen LogP contribution in [-0.4, -0.2) is 16.5 Å². The van der Waals surface area contributed by atoms with Gasteiger partial charge in [0.25, 0.3) is 0 Å². The van der Waals surface area contributed by atoms with Gasteiger partial charge in [-0.05, 0) is 13.8 Å². The normalized spacial score (nSPS) is 10.8. The number of aromatic amines is 1. The van der Waals surface area contributed by atoms with Crippen LogP contribution >= 0.6 is 0 Å². The van der Waals surface area contributed by atoms with Gasteiger partial charge in [-0.25, -0.2) is 0 Å². The van der Waals surface area contributed by atoms with E-state index in [0.717, 1.165) is 23.2 Å². The molecule has 0 aromatic carbocycles. The quantitative estimate of drug-likeness (QED) is 0.690. The van der Waals surface area contributed by atoms with E-state index in [1.165, 1.54) is 0 Å². The van der Waals surface area contributed by atoms with E-state index < -0.39 is 0 Å². The monoisotopic (exact) mass is 164 g/mol. The number of nitrogens with one attached hydrogen (secondary N) is 1. The van der Waals surface area contributed by atoms with Gasteiger partial charge in [0, 0.05) is 17.7 Å². The Morgan fingerprint density at radius 1 is 1.50 bits per heavy atom. The van der Waals surface area contributed by atoms with Crippen LogP contribution in [0.5, 0.6) is 0 Å². The summed E-state index contributed by atoms with van der Waals surface area (Å²) >= 11 is 0. The van der Waals surface area contributed by atoms with Crippen LogP contribution in [0.15, 0.2) is 6.08 Å². The molecule has 1 N–H and O–H groups in total. The molecule has 0 unspecified atom stereocenters. The first kappa shape index (κ1) is 8.71. The number of aldehydes is 1. The Kier molecular flexibility index (Phi) is 2.80. The number of carbonyl (C=O) groups excluding carboxylic acids is 1. The lowest BCUT2D eigenvalue weighted by atomic mass is 10.2. The summed E-state index contributed by atoms with van der Waals surface area (Å²) in [5.41, 5.74) is 3.08. The number of aromatic nitrogens is 2. The highest BCUT2D eigenvalue weighted by molar-refractivity contribution is 5.59. The van der Waals surface area contributed by atoms with E-state index in [0.29, 0.717) is 6.42 Å². The molecule has 1 rings (SSSR count). The number of nitrogens with zero attached hydrogens (tertiary/aromatic N) is 1. The lowest BCUT2D eigenvalue weighted by Gasteiger charge is -1.89. The van der Waals surface area contributed by atoms with Crippen LogP contribution in [-0.2, 0) is 4.79 Å². The summed E-state index contributed by atoms with van der Waals surface area (Å²) in [5.74, 6) is 0. The third kappa shape index (κ3) is 1.81. The van der Waals surface area contributed by atoms with Crippen LogP contribution < -0.4 is 0 Å². The standard InChI is InChI=1S/C9H12N2O/c1-7-9(5-3-4-6-12)8(2)11-10-7/h3,5-6H,4H2,1-2H3,(H,10,11). The van der Waals surface area contributed by atoms with Crippen LogP contribution in [0.3, 0.4) is 0 Å². The molecule has 0 saturated heterocycles. The third-order valence-corrected chi connectivity index (χ3v) is 1.70. The van der Waals surface area contributed by atoms with E-state index in [1.807, 2.05) is 26.0 Å². The maximum absolute atomic E-state index is 10.0. The average molecular weight is 164 g/mol. The summed E-state index contributed by atoms with van der Waals surface area (Å²) in [4.78, 5) is 10.0. The highest BCUT2D eigenvalue weighted by Crippen LogP contribution is 2.10. The molecule has 0 aliphatic carbocycles. The highest BCUT2D eigenvalue weighted by Gasteiger charge is 2.00. The summed E-state index contributed by atoms with van der Waals surface area (Å²) in [6.45, 7) is 3.89. The lowest BCUT2D eigenvalue weighted by Crippen LogP contribution is -1.77. The number of H-pyrrole nitrogens is 1. The van der Waals surface area contributed by atoms with Crippen LogP contribution in [0.25, 0.3) is 6.08 Å². The molecule has 1 aromatic rings. The first-order chi connectivity index (χ1) is 5.75. The van der Waals surface area contributed by atoms with Crippen LogP contribution in [0.4, 0.5) is 0 Å². The zero-order chi connectivity index (χ0) is 8.97. The number of hydrogen-bond donors (Lipinski definition) is 1. The van der Waals surface area contributed by atoms with Crippen molar-refractivity contribution in [1.29, 1.82) is 0 Å². The van der Waals surface area contributed by atoms with E-state index in [4.69, 9.17) is 0 Å². The molecule has 0 saturated carbocycles. The fourth-order valence-electron chi connectivity index (χ4n) is 1.05. The van der Waals surface area contributed by atoms with Gasteiger partial charge >= 0.3 is 0 Å². The Hall–Kier alpha value is -1.38. The van der Waals surface area contributed by atoms with Crippen molar-refractivity contribution >= 4 is 12.4 Å². The highest BCUT2D eigenvalue weighted by atomic mass is 16.1.